The van der Waals surface area contributed by atoms with Gasteiger partial charge in [-0.2, -0.15) is 5.10 Å². The zero-order valence-electron chi connectivity index (χ0n) is 14.1. The molecular weight excluding hydrogens is 434 g/mol. The zero-order chi connectivity index (χ0) is 18.5. The third kappa shape index (κ3) is 4.90. The SMILES string of the molecule is Cc1c(Br)cnn1CCC(=O)Nc1ccccc1Sc1ccc(Cl)cc1. The molecule has 1 N–H and O–H groups in total. The molecule has 3 rings (SSSR count). The Hall–Kier alpha value is -1.76. The number of anilines is 1. The summed E-state index contributed by atoms with van der Waals surface area (Å²) in [4.78, 5) is 14.4. The minimum Gasteiger partial charge on any atom is -0.325 e. The number of para-hydroxylation sites is 1. The minimum absolute atomic E-state index is 0.0415. The number of hydrogen-bond acceptors (Lipinski definition) is 3. The number of nitrogens with one attached hydrogen (secondary N) is 1. The lowest BCUT2D eigenvalue weighted by molar-refractivity contribution is -0.116. The summed E-state index contributed by atoms with van der Waals surface area (Å²) in [5.74, 6) is -0.0415. The third-order valence-corrected chi connectivity index (χ3v) is 5.91. The second-order valence-corrected chi connectivity index (χ2v) is 8.06. The fourth-order valence-corrected chi connectivity index (χ4v) is 3.68. The van der Waals surface area contributed by atoms with Gasteiger partial charge in [0.2, 0.25) is 5.91 Å². The average molecular weight is 451 g/mol. The fraction of sp³-hybridized carbons (Fsp3) is 0.158. The Morgan fingerprint density at radius 2 is 1.96 bits per heavy atom. The van der Waals surface area contributed by atoms with Gasteiger partial charge in [-0.15, -0.1) is 0 Å². The van der Waals surface area contributed by atoms with Crippen LogP contribution in [0.1, 0.15) is 12.1 Å². The normalized spacial score (nSPS) is 10.7. The van der Waals surface area contributed by atoms with E-state index in [4.69, 9.17) is 11.6 Å². The van der Waals surface area contributed by atoms with Crippen molar-refractivity contribution < 1.29 is 4.79 Å². The molecule has 0 unspecified atom stereocenters. The van der Waals surface area contributed by atoms with E-state index in [-0.39, 0.29) is 5.91 Å². The summed E-state index contributed by atoms with van der Waals surface area (Å²) in [5.41, 5.74) is 1.81. The lowest BCUT2D eigenvalue weighted by atomic mass is 10.3. The van der Waals surface area contributed by atoms with Crippen LogP contribution in [0.25, 0.3) is 0 Å². The molecule has 0 aliphatic heterocycles. The number of amides is 1. The van der Waals surface area contributed by atoms with Crippen LogP contribution in [-0.2, 0) is 11.3 Å². The van der Waals surface area contributed by atoms with E-state index in [0.717, 1.165) is 25.6 Å². The van der Waals surface area contributed by atoms with Crippen molar-refractivity contribution in [1.82, 2.24) is 9.78 Å². The summed E-state index contributed by atoms with van der Waals surface area (Å²) < 4.78 is 2.76. The van der Waals surface area contributed by atoms with Crippen LogP contribution in [0, 0.1) is 6.92 Å². The lowest BCUT2D eigenvalue weighted by Crippen LogP contribution is -2.16. The van der Waals surface area contributed by atoms with Gasteiger partial charge < -0.3 is 5.32 Å². The van der Waals surface area contributed by atoms with Crippen molar-refractivity contribution in [1.29, 1.82) is 0 Å². The first-order valence-corrected chi connectivity index (χ1v) is 10.0. The predicted octanol–water partition coefficient (Wildman–Crippen LogP) is 5.79. The summed E-state index contributed by atoms with van der Waals surface area (Å²) in [6.45, 7) is 2.50. The van der Waals surface area contributed by atoms with Crippen LogP contribution in [0.5, 0.6) is 0 Å². The highest BCUT2D eigenvalue weighted by Gasteiger charge is 2.10. The maximum absolute atomic E-state index is 12.4. The van der Waals surface area contributed by atoms with Gasteiger partial charge in [-0.3, -0.25) is 9.48 Å². The van der Waals surface area contributed by atoms with Crippen molar-refractivity contribution in [2.75, 3.05) is 5.32 Å². The van der Waals surface area contributed by atoms with E-state index in [1.54, 1.807) is 18.0 Å². The highest BCUT2D eigenvalue weighted by atomic mass is 79.9. The van der Waals surface area contributed by atoms with Crippen molar-refractivity contribution in [3.8, 4) is 0 Å². The van der Waals surface area contributed by atoms with Gasteiger partial charge in [-0.25, -0.2) is 0 Å². The molecule has 0 saturated heterocycles. The van der Waals surface area contributed by atoms with Crippen LogP contribution >= 0.6 is 39.3 Å². The van der Waals surface area contributed by atoms with Crippen LogP contribution in [0.3, 0.4) is 0 Å². The van der Waals surface area contributed by atoms with E-state index in [9.17, 15) is 4.79 Å². The van der Waals surface area contributed by atoms with Crippen molar-refractivity contribution in [3.05, 3.63) is 69.9 Å². The van der Waals surface area contributed by atoms with E-state index >= 15 is 0 Å². The Labute approximate surface area is 170 Å². The van der Waals surface area contributed by atoms with Crippen molar-refractivity contribution in [3.63, 3.8) is 0 Å². The number of carbonyl (C=O) groups excluding carboxylic acids is 1. The quantitative estimate of drug-likeness (QED) is 0.517. The average Bonchev–Trinajstić information content (AvgIpc) is 2.95. The monoisotopic (exact) mass is 449 g/mol. The van der Waals surface area contributed by atoms with Gasteiger partial charge in [0.1, 0.15) is 0 Å². The molecule has 4 nitrogen and oxygen atoms in total. The maximum atomic E-state index is 12.4. The second kappa shape index (κ2) is 8.75. The number of carbonyl (C=O) groups is 1. The van der Waals surface area contributed by atoms with Crippen LogP contribution in [0.4, 0.5) is 5.69 Å². The summed E-state index contributed by atoms with van der Waals surface area (Å²) in [6.07, 6.45) is 2.10. The Kier molecular flexibility index (Phi) is 6.40. The molecular formula is C19H17BrClN3OS. The molecule has 2 aromatic carbocycles. The lowest BCUT2D eigenvalue weighted by Gasteiger charge is -2.11. The largest absolute Gasteiger partial charge is 0.325 e. The molecule has 0 aliphatic rings. The van der Waals surface area contributed by atoms with E-state index in [1.165, 1.54) is 0 Å². The molecule has 0 radical (unpaired) electrons. The summed E-state index contributed by atoms with van der Waals surface area (Å²) in [7, 11) is 0. The topological polar surface area (TPSA) is 46.9 Å². The van der Waals surface area contributed by atoms with Crippen molar-refractivity contribution >= 4 is 50.9 Å². The molecule has 3 aromatic rings. The highest BCUT2D eigenvalue weighted by molar-refractivity contribution is 9.10. The maximum Gasteiger partial charge on any atom is 0.226 e. The van der Waals surface area contributed by atoms with Gasteiger partial charge in [-0.05, 0) is 59.3 Å². The van der Waals surface area contributed by atoms with Gasteiger partial charge in [0.25, 0.3) is 0 Å². The highest BCUT2D eigenvalue weighted by Crippen LogP contribution is 2.33. The molecule has 134 valence electrons. The van der Waals surface area contributed by atoms with E-state index in [0.29, 0.717) is 18.0 Å². The van der Waals surface area contributed by atoms with Gasteiger partial charge >= 0.3 is 0 Å². The standard InChI is InChI=1S/C19H17BrClN3OS/c1-13-16(20)12-22-24(13)11-10-19(25)23-17-4-2-3-5-18(17)26-15-8-6-14(21)7-9-15/h2-9,12H,10-11H2,1H3,(H,23,25). The smallest absolute Gasteiger partial charge is 0.226 e. The zero-order valence-corrected chi connectivity index (χ0v) is 17.2. The first-order valence-electron chi connectivity index (χ1n) is 8.03. The number of benzene rings is 2. The summed E-state index contributed by atoms with van der Waals surface area (Å²) >= 11 is 11.0. The van der Waals surface area contributed by atoms with Gasteiger partial charge in [0.05, 0.1) is 22.9 Å². The molecule has 0 spiro atoms. The van der Waals surface area contributed by atoms with Crippen LogP contribution in [0.15, 0.2) is 69.0 Å². The molecule has 0 aliphatic carbocycles. The molecule has 0 atom stereocenters. The first-order chi connectivity index (χ1) is 12.5. The predicted molar refractivity (Wildman–Crippen MR) is 110 cm³/mol. The number of halogens is 2. The van der Waals surface area contributed by atoms with Gasteiger partial charge in [0.15, 0.2) is 0 Å². The molecule has 0 bridgehead atoms. The Balaban J connectivity index is 1.64. The van der Waals surface area contributed by atoms with Crippen molar-refractivity contribution in [2.24, 2.45) is 0 Å². The Morgan fingerprint density at radius 3 is 2.65 bits per heavy atom. The number of rotatable bonds is 6. The minimum atomic E-state index is -0.0415. The molecule has 0 fully saturated rings. The Morgan fingerprint density at radius 1 is 1.23 bits per heavy atom. The number of aryl methyl sites for hydroxylation is 1. The van der Waals surface area contributed by atoms with Crippen LogP contribution in [0.2, 0.25) is 5.02 Å². The number of aromatic nitrogens is 2. The van der Waals surface area contributed by atoms with Crippen LogP contribution in [-0.4, -0.2) is 15.7 Å². The molecule has 26 heavy (non-hydrogen) atoms. The molecule has 0 saturated carbocycles. The third-order valence-electron chi connectivity index (χ3n) is 3.80. The van der Waals surface area contributed by atoms with Crippen molar-refractivity contribution in [2.45, 2.75) is 29.7 Å². The molecule has 1 amide bonds. The Bertz CT molecular complexity index is 911. The summed E-state index contributed by atoms with van der Waals surface area (Å²) in [5, 5.41) is 7.95. The molecule has 1 heterocycles. The van der Waals surface area contributed by atoms with E-state index in [1.807, 2.05) is 60.1 Å². The number of hydrogen-bond donors (Lipinski definition) is 1. The van der Waals surface area contributed by atoms with Gasteiger partial charge in [0, 0.05) is 26.9 Å². The van der Waals surface area contributed by atoms with Crippen LogP contribution < -0.4 is 5.32 Å². The first kappa shape index (κ1) is 19.0. The number of nitrogens with zero attached hydrogens (tertiary/aromatic N) is 2. The second-order valence-electron chi connectivity index (χ2n) is 5.65. The fourth-order valence-electron chi connectivity index (χ4n) is 2.36. The molecule has 1 aromatic heterocycles. The van der Waals surface area contributed by atoms with E-state index in [2.05, 4.69) is 26.3 Å². The van der Waals surface area contributed by atoms with Gasteiger partial charge in [-0.1, -0.05) is 35.5 Å². The van der Waals surface area contributed by atoms with E-state index < -0.39 is 0 Å². The molecule has 7 heteroatoms. The summed E-state index contributed by atoms with van der Waals surface area (Å²) in [6, 6.07) is 15.4.